The Morgan fingerprint density at radius 1 is 1.28 bits per heavy atom. The summed E-state index contributed by atoms with van der Waals surface area (Å²) in [6, 6.07) is 6.65. The molecule has 1 aromatic carbocycles. The number of nitro benzene ring substituents is 1. The number of amides is 1. The Hall–Kier alpha value is -2.13. The minimum atomic E-state index is -0.457. The van der Waals surface area contributed by atoms with Crippen LogP contribution in [0.2, 0.25) is 0 Å². The fraction of sp³-hybridized carbons (Fsp3) is 0.375. The van der Waals surface area contributed by atoms with Crippen LogP contribution in [-0.4, -0.2) is 27.7 Å². The smallest absolute Gasteiger partial charge is 0.282 e. The number of carbonyl (C=O) groups excluding carboxylic acids is 1. The van der Waals surface area contributed by atoms with Crippen LogP contribution in [0.25, 0.3) is 0 Å². The van der Waals surface area contributed by atoms with E-state index in [1.165, 1.54) is 12.5 Å². The van der Waals surface area contributed by atoms with Gasteiger partial charge >= 0.3 is 0 Å². The number of carbonyl (C=O) groups is 1. The second-order valence-electron chi connectivity index (χ2n) is 6.05. The highest BCUT2D eigenvalue weighted by atomic mass is 32.2. The number of fused-ring (bicyclic) bond motifs is 2. The second kappa shape index (κ2) is 7.83. The lowest BCUT2D eigenvalue weighted by Crippen LogP contribution is -2.50. The molecule has 3 atom stereocenters. The lowest BCUT2D eigenvalue weighted by Gasteiger charge is -2.21. The summed E-state index contributed by atoms with van der Waals surface area (Å²) < 4.78 is 0. The topological polar surface area (TPSA) is 96.3 Å². The molecule has 2 aliphatic rings. The number of benzene rings is 1. The predicted octanol–water partition coefficient (Wildman–Crippen LogP) is 2.15. The number of para-hydroxylation sites is 1. The lowest BCUT2D eigenvalue weighted by atomic mass is 10.0. The van der Waals surface area contributed by atoms with Crippen molar-refractivity contribution >= 4 is 40.7 Å². The van der Waals surface area contributed by atoms with Crippen LogP contribution in [-0.2, 0) is 4.79 Å². The minimum absolute atomic E-state index is 0.00483. The molecular weight excluding hydrogens is 360 g/mol. The molecule has 2 aliphatic carbocycles. The third-order valence-electron chi connectivity index (χ3n) is 4.33. The average molecular weight is 378 g/mol. The fourth-order valence-corrected chi connectivity index (χ4v) is 4.21. The SMILES string of the molecule is O=C(CSc1ccccc1[N+](=O)[O-])NNC(=S)N[C@H]1C[C@@H]2C=C[C@H]1C2. The largest absolute Gasteiger partial charge is 0.358 e. The normalized spacial score (nSPS) is 23.3. The monoisotopic (exact) mass is 378 g/mol. The van der Waals surface area contributed by atoms with Crippen molar-refractivity contribution in [3.63, 3.8) is 0 Å². The van der Waals surface area contributed by atoms with E-state index in [1.807, 2.05) is 0 Å². The summed E-state index contributed by atoms with van der Waals surface area (Å²) in [6.45, 7) is 0. The molecule has 1 amide bonds. The molecule has 3 rings (SSSR count). The predicted molar refractivity (Wildman–Crippen MR) is 100.0 cm³/mol. The van der Waals surface area contributed by atoms with Gasteiger partial charge in [-0.15, -0.1) is 11.8 Å². The quantitative estimate of drug-likeness (QED) is 0.237. The van der Waals surface area contributed by atoms with Gasteiger partial charge in [-0.3, -0.25) is 25.8 Å². The second-order valence-corrected chi connectivity index (χ2v) is 7.47. The maximum Gasteiger partial charge on any atom is 0.282 e. The molecule has 0 aliphatic heterocycles. The fourth-order valence-electron chi connectivity index (χ4n) is 3.19. The molecule has 7 nitrogen and oxygen atoms in total. The van der Waals surface area contributed by atoms with E-state index in [0.29, 0.717) is 27.9 Å². The van der Waals surface area contributed by atoms with Crippen molar-refractivity contribution in [1.29, 1.82) is 0 Å². The minimum Gasteiger partial charge on any atom is -0.358 e. The molecule has 0 saturated heterocycles. The third kappa shape index (κ3) is 4.49. The average Bonchev–Trinajstić information content (AvgIpc) is 3.21. The molecule has 1 saturated carbocycles. The standard InChI is InChI=1S/C16H18N4O3S2/c21-15(9-25-14-4-2-1-3-13(14)20(22)23)18-19-16(24)17-12-8-10-5-6-11(12)7-10/h1-6,10-12H,7-9H2,(H,18,21)(H2,17,19,24)/t10-,11+,12+/m1/s1. The van der Waals surface area contributed by atoms with Gasteiger partial charge < -0.3 is 5.32 Å². The van der Waals surface area contributed by atoms with Crippen LogP contribution in [0.1, 0.15) is 12.8 Å². The zero-order valence-corrected chi connectivity index (χ0v) is 14.9. The maximum absolute atomic E-state index is 11.9. The molecule has 2 bridgehead atoms. The Kier molecular flexibility index (Phi) is 5.54. The number of nitrogens with one attached hydrogen (secondary N) is 3. The van der Waals surface area contributed by atoms with Gasteiger partial charge in [0.1, 0.15) is 0 Å². The van der Waals surface area contributed by atoms with E-state index < -0.39 is 4.92 Å². The van der Waals surface area contributed by atoms with Gasteiger partial charge in [0, 0.05) is 12.1 Å². The van der Waals surface area contributed by atoms with Crippen LogP contribution in [0.15, 0.2) is 41.3 Å². The van der Waals surface area contributed by atoms with Crippen LogP contribution in [0.3, 0.4) is 0 Å². The van der Waals surface area contributed by atoms with E-state index in [1.54, 1.807) is 18.2 Å². The van der Waals surface area contributed by atoms with Crippen molar-refractivity contribution in [2.45, 2.75) is 23.8 Å². The van der Waals surface area contributed by atoms with E-state index in [4.69, 9.17) is 12.2 Å². The van der Waals surface area contributed by atoms with Gasteiger partial charge in [0.05, 0.1) is 15.6 Å². The first kappa shape index (κ1) is 17.7. The van der Waals surface area contributed by atoms with E-state index >= 15 is 0 Å². The molecule has 1 fully saturated rings. The van der Waals surface area contributed by atoms with Crippen LogP contribution in [0, 0.1) is 22.0 Å². The number of nitrogens with zero attached hydrogens (tertiary/aromatic N) is 1. The molecule has 0 aromatic heterocycles. The van der Waals surface area contributed by atoms with Gasteiger partial charge in [0.25, 0.3) is 5.69 Å². The Morgan fingerprint density at radius 3 is 2.76 bits per heavy atom. The molecule has 25 heavy (non-hydrogen) atoms. The number of thioether (sulfide) groups is 1. The van der Waals surface area contributed by atoms with E-state index in [-0.39, 0.29) is 17.3 Å². The molecule has 0 heterocycles. The van der Waals surface area contributed by atoms with E-state index in [9.17, 15) is 14.9 Å². The highest BCUT2D eigenvalue weighted by molar-refractivity contribution is 8.00. The van der Waals surface area contributed by atoms with Crippen molar-refractivity contribution in [1.82, 2.24) is 16.2 Å². The van der Waals surface area contributed by atoms with Crippen molar-refractivity contribution in [3.05, 3.63) is 46.5 Å². The van der Waals surface area contributed by atoms with E-state index in [2.05, 4.69) is 28.3 Å². The summed E-state index contributed by atoms with van der Waals surface area (Å²) in [5, 5.41) is 14.6. The summed E-state index contributed by atoms with van der Waals surface area (Å²) in [4.78, 5) is 22.9. The molecule has 132 valence electrons. The zero-order valence-electron chi connectivity index (χ0n) is 13.3. The van der Waals surface area contributed by atoms with Crippen molar-refractivity contribution < 1.29 is 9.72 Å². The third-order valence-corrected chi connectivity index (χ3v) is 5.61. The van der Waals surface area contributed by atoms with Gasteiger partial charge in [0.15, 0.2) is 5.11 Å². The first-order valence-corrected chi connectivity index (χ1v) is 9.32. The number of thiocarbonyl (C=S) groups is 1. The molecule has 0 radical (unpaired) electrons. The molecular formula is C16H18N4O3S2. The number of allylic oxidation sites excluding steroid dienone is 1. The Balaban J connectivity index is 1.40. The molecule has 9 heteroatoms. The number of hydrazine groups is 1. The number of nitro groups is 1. The number of hydrogen-bond donors (Lipinski definition) is 3. The van der Waals surface area contributed by atoms with Gasteiger partial charge in [-0.05, 0) is 43.0 Å². The van der Waals surface area contributed by atoms with Crippen molar-refractivity contribution in [3.8, 4) is 0 Å². The van der Waals surface area contributed by atoms with Crippen LogP contribution < -0.4 is 16.2 Å². The Morgan fingerprint density at radius 2 is 2.08 bits per heavy atom. The van der Waals surface area contributed by atoms with Gasteiger partial charge in [-0.25, -0.2) is 0 Å². The van der Waals surface area contributed by atoms with E-state index in [0.717, 1.165) is 18.2 Å². The van der Waals surface area contributed by atoms with Crippen LogP contribution in [0.4, 0.5) is 5.69 Å². The maximum atomic E-state index is 11.9. The summed E-state index contributed by atoms with van der Waals surface area (Å²) in [5.74, 6) is 0.893. The number of hydrogen-bond acceptors (Lipinski definition) is 5. The van der Waals surface area contributed by atoms with Crippen LogP contribution in [0.5, 0.6) is 0 Å². The summed E-state index contributed by atoms with van der Waals surface area (Å²) in [7, 11) is 0. The summed E-state index contributed by atoms with van der Waals surface area (Å²) in [6.07, 6.45) is 6.70. The molecule has 0 unspecified atom stereocenters. The van der Waals surface area contributed by atoms with Crippen molar-refractivity contribution in [2.24, 2.45) is 11.8 Å². The highest BCUT2D eigenvalue weighted by Crippen LogP contribution is 2.38. The van der Waals surface area contributed by atoms with Gasteiger partial charge in [-0.2, -0.15) is 0 Å². The Bertz CT molecular complexity index is 725. The summed E-state index contributed by atoms with van der Waals surface area (Å²) in [5.41, 5.74) is 5.21. The number of rotatable bonds is 5. The van der Waals surface area contributed by atoms with Gasteiger partial charge in [-0.1, -0.05) is 24.3 Å². The highest BCUT2D eigenvalue weighted by Gasteiger charge is 2.35. The zero-order chi connectivity index (χ0) is 17.8. The lowest BCUT2D eigenvalue weighted by molar-refractivity contribution is -0.387. The Labute approximate surface area is 154 Å². The summed E-state index contributed by atoms with van der Waals surface area (Å²) >= 11 is 6.31. The molecule has 3 N–H and O–H groups in total. The van der Waals surface area contributed by atoms with Crippen LogP contribution >= 0.6 is 24.0 Å². The first-order valence-electron chi connectivity index (χ1n) is 7.93. The first-order chi connectivity index (χ1) is 12.0. The molecule has 0 spiro atoms. The van der Waals surface area contributed by atoms with Crippen molar-refractivity contribution in [2.75, 3.05) is 5.75 Å². The van der Waals surface area contributed by atoms with Gasteiger partial charge in [0.2, 0.25) is 5.91 Å². The molecule has 1 aromatic rings.